The number of rotatable bonds is 6. The zero-order valence-electron chi connectivity index (χ0n) is 15.1. The number of nitrogens with zero attached hydrogens (tertiary/aromatic N) is 2. The Morgan fingerprint density at radius 1 is 0.963 bits per heavy atom. The van der Waals surface area contributed by atoms with Gasteiger partial charge in [-0.25, -0.2) is 0 Å². The lowest BCUT2D eigenvalue weighted by Crippen LogP contribution is -2.34. The minimum absolute atomic E-state index is 0.108. The third-order valence-electron chi connectivity index (χ3n) is 4.23. The van der Waals surface area contributed by atoms with Crippen molar-refractivity contribution in [1.82, 2.24) is 10.6 Å². The highest BCUT2D eigenvalue weighted by Crippen LogP contribution is 2.19. The van der Waals surface area contributed by atoms with Crippen molar-refractivity contribution < 1.29 is 14.7 Å². The summed E-state index contributed by atoms with van der Waals surface area (Å²) in [5.74, 6) is -0.340. The molecule has 2 amide bonds. The fourth-order valence-corrected chi connectivity index (χ4v) is 2.71. The number of anilines is 1. The first-order chi connectivity index (χ1) is 13.0. The zero-order chi connectivity index (χ0) is 19.2. The van der Waals surface area contributed by atoms with Gasteiger partial charge in [0.05, 0.1) is 5.69 Å². The Morgan fingerprint density at radius 2 is 1.48 bits per heavy atom. The van der Waals surface area contributed by atoms with Gasteiger partial charge in [0.1, 0.15) is 5.75 Å². The molecule has 7 heteroatoms. The average molecular weight is 366 g/mol. The molecule has 27 heavy (non-hydrogen) atoms. The van der Waals surface area contributed by atoms with Crippen LogP contribution in [0.25, 0.3) is 0 Å². The summed E-state index contributed by atoms with van der Waals surface area (Å²) in [5, 5.41) is 21.1. The lowest BCUT2D eigenvalue weighted by molar-refractivity contribution is 0.0927. The fraction of sp³-hybridized carbons (Fsp3) is 0.250. The highest BCUT2D eigenvalue weighted by atomic mass is 16.3. The van der Waals surface area contributed by atoms with Crippen LogP contribution >= 0.6 is 0 Å². The molecule has 2 aromatic rings. The molecule has 1 heterocycles. The van der Waals surface area contributed by atoms with E-state index in [4.69, 9.17) is 0 Å². The highest BCUT2D eigenvalue weighted by molar-refractivity contribution is 5.95. The van der Waals surface area contributed by atoms with E-state index in [9.17, 15) is 14.7 Å². The molecule has 3 rings (SSSR count). The van der Waals surface area contributed by atoms with E-state index in [1.165, 1.54) is 24.3 Å². The number of nitrogens with one attached hydrogen (secondary N) is 2. The topological polar surface area (TPSA) is 94.0 Å². The van der Waals surface area contributed by atoms with Gasteiger partial charge in [0.15, 0.2) is 0 Å². The van der Waals surface area contributed by atoms with Crippen molar-refractivity contribution in [2.45, 2.75) is 13.3 Å². The van der Waals surface area contributed by atoms with E-state index in [0.717, 1.165) is 24.4 Å². The van der Waals surface area contributed by atoms with E-state index in [-0.39, 0.29) is 17.6 Å². The van der Waals surface area contributed by atoms with Gasteiger partial charge in [0.2, 0.25) is 0 Å². The number of carbonyl (C=O) groups is 2. The summed E-state index contributed by atoms with van der Waals surface area (Å²) in [4.78, 5) is 24.1. The van der Waals surface area contributed by atoms with Gasteiger partial charge in [-0.05, 0) is 55.5 Å². The molecule has 140 valence electrons. The molecule has 1 aliphatic rings. The second-order valence-corrected chi connectivity index (χ2v) is 6.31. The second kappa shape index (κ2) is 8.35. The number of hydrazone groups is 1. The number of hydrogen-bond acceptors (Lipinski definition) is 5. The first kappa shape index (κ1) is 18.4. The molecule has 0 atom stereocenters. The molecule has 0 unspecified atom stereocenters. The van der Waals surface area contributed by atoms with E-state index >= 15 is 0 Å². The van der Waals surface area contributed by atoms with Crippen molar-refractivity contribution in [3.63, 3.8) is 0 Å². The van der Waals surface area contributed by atoms with Crippen LogP contribution in [0.2, 0.25) is 0 Å². The van der Waals surface area contributed by atoms with Gasteiger partial charge in [0, 0.05) is 42.9 Å². The van der Waals surface area contributed by atoms with Crippen LogP contribution in [0.1, 0.15) is 34.1 Å². The molecular formula is C20H22N4O3. The smallest absolute Gasteiger partial charge is 0.251 e. The molecule has 3 N–H and O–H groups in total. The maximum Gasteiger partial charge on any atom is 0.251 e. The third kappa shape index (κ3) is 4.84. The summed E-state index contributed by atoms with van der Waals surface area (Å²) in [6.45, 7) is 3.49. The Bertz CT molecular complexity index is 845. The van der Waals surface area contributed by atoms with Crippen LogP contribution in [0.15, 0.2) is 53.6 Å². The molecule has 0 spiro atoms. The summed E-state index contributed by atoms with van der Waals surface area (Å²) < 4.78 is 0. The van der Waals surface area contributed by atoms with Crippen LogP contribution in [0.4, 0.5) is 5.69 Å². The second-order valence-electron chi connectivity index (χ2n) is 6.31. The predicted molar refractivity (Wildman–Crippen MR) is 104 cm³/mol. The molecule has 2 aromatic carbocycles. The molecule has 0 radical (unpaired) electrons. The Kier molecular flexibility index (Phi) is 5.71. The van der Waals surface area contributed by atoms with Crippen molar-refractivity contribution in [1.29, 1.82) is 0 Å². The lowest BCUT2D eigenvalue weighted by Gasteiger charge is -2.14. The van der Waals surface area contributed by atoms with Crippen LogP contribution in [-0.2, 0) is 0 Å². The summed E-state index contributed by atoms with van der Waals surface area (Å²) in [6.07, 6.45) is 0.956. The molecule has 0 aliphatic carbocycles. The molecule has 0 bridgehead atoms. The SMILES string of the molecule is CC1=NN(c2ccc(C(=O)NCCNC(=O)c3ccc(O)cc3)cc2)CC1. The van der Waals surface area contributed by atoms with Crippen molar-refractivity contribution in [2.75, 3.05) is 24.6 Å². The van der Waals surface area contributed by atoms with Crippen LogP contribution < -0.4 is 15.6 Å². The molecule has 0 saturated carbocycles. The van der Waals surface area contributed by atoms with Crippen LogP contribution in [0.3, 0.4) is 0 Å². The molecule has 0 fully saturated rings. The maximum absolute atomic E-state index is 12.2. The Hall–Kier alpha value is -3.35. The van der Waals surface area contributed by atoms with Gasteiger partial charge in [-0.3, -0.25) is 14.6 Å². The molecule has 1 aliphatic heterocycles. The monoisotopic (exact) mass is 366 g/mol. The van der Waals surface area contributed by atoms with Gasteiger partial charge >= 0.3 is 0 Å². The minimum Gasteiger partial charge on any atom is -0.508 e. The van der Waals surface area contributed by atoms with Gasteiger partial charge in [-0.15, -0.1) is 0 Å². The fourth-order valence-electron chi connectivity index (χ4n) is 2.71. The normalized spacial score (nSPS) is 13.2. The molecule has 7 nitrogen and oxygen atoms in total. The van der Waals surface area contributed by atoms with E-state index in [1.807, 2.05) is 24.1 Å². The molecular weight excluding hydrogens is 344 g/mol. The Morgan fingerprint density at radius 3 is 1.96 bits per heavy atom. The van der Waals surface area contributed by atoms with Crippen LogP contribution in [0, 0.1) is 0 Å². The zero-order valence-corrected chi connectivity index (χ0v) is 15.1. The number of hydrogen-bond donors (Lipinski definition) is 3. The van der Waals surface area contributed by atoms with Crippen molar-refractivity contribution in [2.24, 2.45) is 5.10 Å². The van der Waals surface area contributed by atoms with E-state index in [1.54, 1.807) is 12.1 Å². The Labute approximate surface area is 157 Å². The van der Waals surface area contributed by atoms with Gasteiger partial charge in [-0.2, -0.15) is 5.10 Å². The van der Waals surface area contributed by atoms with E-state index in [2.05, 4.69) is 15.7 Å². The minimum atomic E-state index is -0.255. The standard InChI is InChI=1S/C20H22N4O3/c1-14-10-13-24(23-14)17-6-2-15(3-7-17)19(26)21-11-12-22-20(27)16-4-8-18(25)9-5-16/h2-9,25H,10-13H2,1H3,(H,21,26)(H,22,27). The first-order valence-electron chi connectivity index (χ1n) is 8.80. The number of benzene rings is 2. The van der Waals surface area contributed by atoms with Crippen molar-refractivity contribution in [3.8, 4) is 5.75 Å². The number of phenols is 1. The third-order valence-corrected chi connectivity index (χ3v) is 4.23. The highest BCUT2D eigenvalue weighted by Gasteiger charge is 2.13. The van der Waals surface area contributed by atoms with Crippen LogP contribution in [0.5, 0.6) is 5.75 Å². The summed E-state index contributed by atoms with van der Waals surface area (Å²) in [5.41, 5.74) is 3.08. The largest absolute Gasteiger partial charge is 0.508 e. The van der Waals surface area contributed by atoms with Gasteiger partial charge < -0.3 is 15.7 Å². The van der Waals surface area contributed by atoms with Crippen LogP contribution in [-0.4, -0.2) is 42.3 Å². The lowest BCUT2D eigenvalue weighted by atomic mass is 10.2. The predicted octanol–water partition coefficient (Wildman–Crippen LogP) is 2.14. The number of amides is 2. The summed E-state index contributed by atoms with van der Waals surface area (Å²) in [7, 11) is 0. The first-order valence-corrected chi connectivity index (χ1v) is 8.80. The van der Waals surface area contributed by atoms with Crippen molar-refractivity contribution >= 4 is 23.2 Å². The Balaban J connectivity index is 1.44. The summed E-state index contributed by atoms with van der Waals surface area (Å²) >= 11 is 0. The number of aromatic hydroxyl groups is 1. The van der Waals surface area contributed by atoms with E-state index in [0.29, 0.717) is 24.2 Å². The quantitative estimate of drug-likeness (QED) is 0.683. The van der Waals surface area contributed by atoms with Crippen molar-refractivity contribution in [3.05, 3.63) is 59.7 Å². The molecule has 0 saturated heterocycles. The van der Waals surface area contributed by atoms with Gasteiger partial charge in [-0.1, -0.05) is 0 Å². The maximum atomic E-state index is 12.2. The number of carbonyl (C=O) groups excluding carboxylic acids is 2. The molecule has 0 aromatic heterocycles. The van der Waals surface area contributed by atoms with Gasteiger partial charge in [0.25, 0.3) is 11.8 Å². The average Bonchev–Trinajstić information content (AvgIpc) is 3.12. The summed E-state index contributed by atoms with van der Waals surface area (Å²) in [6, 6.07) is 13.3. The number of phenolic OH excluding ortho intramolecular Hbond substituents is 1. The van der Waals surface area contributed by atoms with E-state index < -0.39 is 0 Å².